The van der Waals surface area contributed by atoms with Gasteiger partial charge in [0.05, 0.1) is 5.69 Å². The third kappa shape index (κ3) is 5.45. The zero-order chi connectivity index (χ0) is 20.8. The number of aryl methyl sites for hydroxylation is 1. The van der Waals surface area contributed by atoms with E-state index in [9.17, 15) is 9.59 Å². The number of hydrogen-bond donors (Lipinski definition) is 1. The minimum Gasteiger partial charge on any atom is -0.355 e. The molecule has 7 heteroatoms. The van der Waals surface area contributed by atoms with Crippen LogP contribution in [-0.2, 0) is 17.9 Å². The van der Waals surface area contributed by atoms with Crippen LogP contribution in [0.3, 0.4) is 0 Å². The van der Waals surface area contributed by atoms with E-state index in [4.69, 9.17) is 11.6 Å². The number of benzene rings is 1. The molecule has 1 aromatic heterocycles. The number of hydrogen-bond acceptors (Lipinski definition) is 3. The molecule has 0 unspecified atom stereocenters. The highest BCUT2D eigenvalue weighted by Crippen LogP contribution is 2.22. The Morgan fingerprint density at radius 3 is 2.50 bits per heavy atom. The fourth-order valence-corrected chi connectivity index (χ4v) is 3.07. The average molecular weight is 403 g/mol. The normalized spacial score (nSPS) is 11.2. The van der Waals surface area contributed by atoms with E-state index in [1.54, 1.807) is 41.9 Å². The molecule has 0 saturated heterocycles. The first kappa shape index (κ1) is 21.7. The molecule has 6 nitrogen and oxygen atoms in total. The molecule has 1 heterocycles. The van der Waals surface area contributed by atoms with Crippen molar-refractivity contribution in [1.82, 2.24) is 20.0 Å². The average Bonchev–Trinajstić information content (AvgIpc) is 2.92. The number of likely N-dealkylation sites (N-methyl/N-ethyl adjacent to an activating group) is 1. The fraction of sp³-hybridized carbons (Fsp3) is 0.381. The van der Waals surface area contributed by atoms with Gasteiger partial charge in [-0.1, -0.05) is 37.6 Å². The van der Waals surface area contributed by atoms with E-state index in [-0.39, 0.29) is 11.8 Å². The van der Waals surface area contributed by atoms with E-state index < -0.39 is 0 Å². The summed E-state index contributed by atoms with van der Waals surface area (Å²) >= 11 is 6.41. The molecule has 1 aromatic carbocycles. The van der Waals surface area contributed by atoms with E-state index in [0.29, 0.717) is 23.2 Å². The van der Waals surface area contributed by atoms with Crippen LogP contribution >= 0.6 is 11.6 Å². The highest BCUT2D eigenvalue weighted by molar-refractivity contribution is 6.31. The molecule has 0 atom stereocenters. The molecule has 2 rings (SSSR count). The molecular formula is C21H27ClN4O2. The largest absolute Gasteiger partial charge is 0.355 e. The molecule has 2 amide bonds. The van der Waals surface area contributed by atoms with E-state index in [2.05, 4.69) is 24.3 Å². The molecule has 0 aliphatic rings. The van der Waals surface area contributed by atoms with Crippen LogP contribution in [0, 0.1) is 12.8 Å². The Hall–Kier alpha value is -2.60. The number of nitrogens with zero attached hydrogens (tertiary/aromatic N) is 3. The summed E-state index contributed by atoms with van der Waals surface area (Å²) in [4.78, 5) is 25.6. The van der Waals surface area contributed by atoms with Gasteiger partial charge in [0.25, 0.3) is 5.91 Å². The van der Waals surface area contributed by atoms with E-state index in [0.717, 1.165) is 23.4 Å². The summed E-state index contributed by atoms with van der Waals surface area (Å²) in [5.41, 5.74) is 3.08. The quantitative estimate of drug-likeness (QED) is 0.720. The number of nitrogens with one attached hydrogen (secondary N) is 1. The van der Waals surface area contributed by atoms with Gasteiger partial charge in [0.1, 0.15) is 5.15 Å². The summed E-state index contributed by atoms with van der Waals surface area (Å²) < 4.78 is 1.77. The van der Waals surface area contributed by atoms with Crippen LogP contribution in [-0.4, -0.2) is 40.6 Å². The maximum absolute atomic E-state index is 12.5. The maximum atomic E-state index is 12.5. The van der Waals surface area contributed by atoms with Crippen molar-refractivity contribution < 1.29 is 9.59 Å². The minimum absolute atomic E-state index is 0.135. The van der Waals surface area contributed by atoms with Crippen LogP contribution in [0.25, 0.3) is 6.08 Å². The molecule has 150 valence electrons. The number of carbonyl (C=O) groups is 2. The molecule has 0 bridgehead atoms. The van der Waals surface area contributed by atoms with Gasteiger partial charge < -0.3 is 10.2 Å². The smallest absolute Gasteiger partial charge is 0.251 e. The lowest BCUT2D eigenvalue weighted by atomic mass is 10.1. The van der Waals surface area contributed by atoms with E-state index in [1.807, 2.05) is 19.1 Å². The first-order chi connectivity index (χ1) is 13.2. The number of aromatic nitrogens is 2. The summed E-state index contributed by atoms with van der Waals surface area (Å²) in [7, 11) is 3.32. The highest BCUT2D eigenvalue weighted by atomic mass is 35.5. The van der Waals surface area contributed by atoms with Crippen LogP contribution in [0.5, 0.6) is 0 Å². The van der Waals surface area contributed by atoms with Crippen LogP contribution in [0.2, 0.25) is 5.15 Å². The molecule has 1 N–H and O–H groups in total. The Morgan fingerprint density at radius 2 is 1.93 bits per heavy atom. The number of carbonyl (C=O) groups excluding carboxylic acids is 2. The molecule has 0 spiro atoms. The van der Waals surface area contributed by atoms with Crippen LogP contribution in [0.1, 0.15) is 41.0 Å². The van der Waals surface area contributed by atoms with E-state index >= 15 is 0 Å². The molecule has 0 aliphatic carbocycles. The predicted molar refractivity (Wildman–Crippen MR) is 112 cm³/mol. The van der Waals surface area contributed by atoms with Gasteiger partial charge in [-0.3, -0.25) is 14.3 Å². The lowest BCUT2D eigenvalue weighted by Gasteiger charge is -2.15. The van der Waals surface area contributed by atoms with Gasteiger partial charge in [-0.25, -0.2) is 0 Å². The van der Waals surface area contributed by atoms with Crippen molar-refractivity contribution in [3.8, 4) is 0 Å². The topological polar surface area (TPSA) is 67.2 Å². The first-order valence-electron chi connectivity index (χ1n) is 9.20. The van der Waals surface area contributed by atoms with Gasteiger partial charge >= 0.3 is 0 Å². The zero-order valence-corrected chi connectivity index (χ0v) is 17.7. The lowest BCUT2D eigenvalue weighted by molar-refractivity contribution is -0.125. The first-order valence-corrected chi connectivity index (χ1v) is 9.57. The third-order valence-electron chi connectivity index (χ3n) is 4.28. The molecule has 0 saturated carbocycles. The second kappa shape index (κ2) is 9.55. The SMILES string of the molecule is CNC(=O)c1ccc(CN(C)C(=O)/C=C/c2c(C)nn(CC(C)C)c2Cl)cc1. The lowest BCUT2D eigenvalue weighted by Crippen LogP contribution is -2.24. The Balaban J connectivity index is 2.04. The summed E-state index contributed by atoms with van der Waals surface area (Å²) in [5, 5.41) is 7.57. The van der Waals surface area contributed by atoms with E-state index in [1.165, 1.54) is 6.08 Å². The summed E-state index contributed by atoms with van der Waals surface area (Å²) in [6, 6.07) is 7.17. The van der Waals surface area contributed by atoms with Crippen LogP contribution < -0.4 is 5.32 Å². The van der Waals surface area contributed by atoms with Crippen molar-refractivity contribution in [2.45, 2.75) is 33.9 Å². The Labute approximate surface area is 171 Å². The molecule has 0 fully saturated rings. The Kier molecular flexibility index (Phi) is 7.40. The maximum Gasteiger partial charge on any atom is 0.251 e. The van der Waals surface area contributed by atoms with Crippen molar-refractivity contribution in [2.75, 3.05) is 14.1 Å². The highest BCUT2D eigenvalue weighted by Gasteiger charge is 2.13. The molecular weight excluding hydrogens is 376 g/mol. The monoisotopic (exact) mass is 402 g/mol. The van der Waals surface area contributed by atoms with Gasteiger partial charge in [-0.15, -0.1) is 0 Å². The number of amides is 2. The zero-order valence-electron chi connectivity index (χ0n) is 17.0. The predicted octanol–water partition coefficient (Wildman–Crippen LogP) is 3.53. The van der Waals surface area contributed by atoms with Crippen LogP contribution in [0.4, 0.5) is 0 Å². The third-order valence-corrected chi connectivity index (χ3v) is 4.68. The van der Waals surface area contributed by atoms with Gasteiger partial charge in [-0.05, 0) is 36.6 Å². The molecule has 0 aliphatic heterocycles. The number of halogens is 1. The van der Waals surface area contributed by atoms with Crippen molar-refractivity contribution in [2.24, 2.45) is 5.92 Å². The van der Waals surface area contributed by atoms with Crippen molar-refractivity contribution in [3.05, 3.63) is 57.9 Å². The van der Waals surface area contributed by atoms with Crippen molar-refractivity contribution in [3.63, 3.8) is 0 Å². The van der Waals surface area contributed by atoms with Gasteiger partial charge in [0.15, 0.2) is 0 Å². The Morgan fingerprint density at radius 1 is 1.29 bits per heavy atom. The van der Waals surface area contributed by atoms with Crippen molar-refractivity contribution >= 4 is 29.5 Å². The van der Waals surface area contributed by atoms with Gasteiger partial charge in [-0.2, -0.15) is 5.10 Å². The second-order valence-electron chi connectivity index (χ2n) is 7.17. The number of rotatable bonds is 7. The second-order valence-corrected chi connectivity index (χ2v) is 7.53. The summed E-state index contributed by atoms with van der Waals surface area (Å²) in [6.45, 7) is 7.25. The summed E-state index contributed by atoms with van der Waals surface area (Å²) in [5.74, 6) is 0.155. The minimum atomic E-state index is -0.137. The van der Waals surface area contributed by atoms with Crippen molar-refractivity contribution in [1.29, 1.82) is 0 Å². The molecule has 2 aromatic rings. The molecule has 28 heavy (non-hydrogen) atoms. The van der Waals surface area contributed by atoms with Gasteiger partial charge in [0, 0.05) is 44.4 Å². The standard InChI is InChI=1S/C21H27ClN4O2/c1-14(2)12-26-20(22)18(15(3)24-26)10-11-19(27)25(5)13-16-6-8-17(9-7-16)21(28)23-4/h6-11,14H,12-13H2,1-5H3,(H,23,28)/b11-10+. The fourth-order valence-electron chi connectivity index (χ4n) is 2.76. The summed E-state index contributed by atoms with van der Waals surface area (Å²) in [6.07, 6.45) is 3.23. The van der Waals surface area contributed by atoms with Crippen LogP contribution in [0.15, 0.2) is 30.3 Å². The Bertz CT molecular complexity index is 869. The molecule has 0 radical (unpaired) electrons. The van der Waals surface area contributed by atoms with Gasteiger partial charge in [0.2, 0.25) is 5.91 Å².